The van der Waals surface area contributed by atoms with E-state index in [-0.39, 0.29) is 23.7 Å². The Morgan fingerprint density at radius 2 is 2.21 bits per heavy atom. The summed E-state index contributed by atoms with van der Waals surface area (Å²) >= 11 is 0. The Kier molecular flexibility index (Phi) is 6.23. The predicted octanol–water partition coefficient (Wildman–Crippen LogP) is 1.07. The summed E-state index contributed by atoms with van der Waals surface area (Å²) in [5, 5.41) is 6.23. The van der Waals surface area contributed by atoms with Crippen molar-refractivity contribution < 1.29 is 14.3 Å². The first kappa shape index (κ1) is 16.4. The number of nitrogens with one attached hydrogen (secondary N) is 2. The summed E-state index contributed by atoms with van der Waals surface area (Å²) in [5.74, 6) is -0.0580. The molecule has 0 bridgehead atoms. The van der Waals surface area contributed by atoms with Crippen LogP contribution in [0.2, 0.25) is 0 Å². The summed E-state index contributed by atoms with van der Waals surface area (Å²) in [7, 11) is 0. The molecule has 2 N–H and O–H groups in total. The monoisotopic (exact) mass is 272 g/mol. The van der Waals surface area contributed by atoms with Crippen LogP contribution in [0, 0.1) is 0 Å². The largest absolute Gasteiger partial charge is 0.367 e. The molecule has 0 aromatic carbocycles. The lowest BCUT2D eigenvalue weighted by molar-refractivity contribution is -0.145. The molecule has 1 rings (SSSR count). The highest BCUT2D eigenvalue weighted by Crippen LogP contribution is 2.15. The zero-order valence-corrected chi connectivity index (χ0v) is 12.8. The fourth-order valence-electron chi connectivity index (χ4n) is 1.95. The third-order valence-corrected chi connectivity index (χ3v) is 3.31. The van der Waals surface area contributed by atoms with Gasteiger partial charge in [-0.3, -0.25) is 4.79 Å². The van der Waals surface area contributed by atoms with Crippen molar-refractivity contribution in [3.63, 3.8) is 0 Å². The van der Waals surface area contributed by atoms with Gasteiger partial charge >= 0.3 is 0 Å². The predicted molar refractivity (Wildman–Crippen MR) is 75.1 cm³/mol. The number of rotatable bonds is 6. The van der Waals surface area contributed by atoms with Crippen molar-refractivity contribution in [2.24, 2.45) is 0 Å². The van der Waals surface area contributed by atoms with E-state index < -0.39 is 6.10 Å². The van der Waals surface area contributed by atoms with Crippen LogP contribution in [0.15, 0.2) is 0 Å². The van der Waals surface area contributed by atoms with Crippen molar-refractivity contribution in [1.82, 2.24) is 10.6 Å². The molecule has 0 saturated carbocycles. The molecule has 5 nitrogen and oxygen atoms in total. The summed E-state index contributed by atoms with van der Waals surface area (Å²) in [5.41, 5.74) is -0.172. The van der Waals surface area contributed by atoms with Gasteiger partial charge in [0.05, 0.1) is 18.3 Å². The van der Waals surface area contributed by atoms with Gasteiger partial charge in [0.25, 0.3) is 0 Å². The third kappa shape index (κ3) is 5.89. The first-order chi connectivity index (χ1) is 8.84. The van der Waals surface area contributed by atoms with Gasteiger partial charge in [0, 0.05) is 19.1 Å². The maximum atomic E-state index is 11.8. The second-order valence-corrected chi connectivity index (χ2v) is 5.92. The number of amides is 1. The van der Waals surface area contributed by atoms with Crippen LogP contribution in [0.25, 0.3) is 0 Å². The fraction of sp³-hybridized carbons (Fsp3) is 0.929. The van der Waals surface area contributed by atoms with E-state index >= 15 is 0 Å². The van der Waals surface area contributed by atoms with E-state index in [1.807, 2.05) is 27.7 Å². The molecule has 19 heavy (non-hydrogen) atoms. The van der Waals surface area contributed by atoms with Gasteiger partial charge in [-0.15, -0.1) is 0 Å². The summed E-state index contributed by atoms with van der Waals surface area (Å²) in [6, 6.07) is 0.185. The number of hydrogen-bond acceptors (Lipinski definition) is 4. The molecule has 1 fully saturated rings. The van der Waals surface area contributed by atoms with E-state index in [0.29, 0.717) is 6.61 Å². The Bertz CT molecular complexity index is 294. The summed E-state index contributed by atoms with van der Waals surface area (Å²) in [6.45, 7) is 11.9. The highest BCUT2D eigenvalue weighted by Gasteiger charge is 2.29. The molecule has 1 saturated heterocycles. The van der Waals surface area contributed by atoms with E-state index in [1.54, 1.807) is 6.92 Å². The van der Waals surface area contributed by atoms with Gasteiger partial charge in [0.15, 0.2) is 0 Å². The lowest BCUT2D eigenvalue weighted by Crippen LogP contribution is -2.52. The summed E-state index contributed by atoms with van der Waals surface area (Å²) in [6.07, 6.45) is 0.479. The molecular weight excluding hydrogens is 244 g/mol. The molecule has 3 atom stereocenters. The second-order valence-electron chi connectivity index (χ2n) is 5.92. The van der Waals surface area contributed by atoms with E-state index in [4.69, 9.17) is 9.47 Å². The van der Waals surface area contributed by atoms with Crippen LogP contribution in [0.4, 0.5) is 0 Å². The zero-order valence-electron chi connectivity index (χ0n) is 12.8. The highest BCUT2D eigenvalue weighted by molar-refractivity contribution is 5.80. The van der Waals surface area contributed by atoms with Crippen molar-refractivity contribution in [3.8, 4) is 0 Å². The number of ether oxygens (including phenoxy) is 2. The molecule has 1 aliphatic rings. The number of carbonyl (C=O) groups is 1. The van der Waals surface area contributed by atoms with Crippen LogP contribution in [-0.2, 0) is 14.3 Å². The fourth-order valence-corrected chi connectivity index (χ4v) is 1.95. The molecule has 5 heteroatoms. The van der Waals surface area contributed by atoms with E-state index in [9.17, 15) is 4.79 Å². The van der Waals surface area contributed by atoms with Gasteiger partial charge in [-0.1, -0.05) is 6.92 Å². The van der Waals surface area contributed by atoms with Crippen LogP contribution >= 0.6 is 0 Å². The molecule has 0 spiro atoms. The highest BCUT2D eigenvalue weighted by atomic mass is 16.6. The van der Waals surface area contributed by atoms with Crippen LogP contribution in [0.5, 0.6) is 0 Å². The first-order valence-corrected chi connectivity index (χ1v) is 7.14. The molecule has 112 valence electrons. The SMILES string of the molecule is CCC(C)NC(=O)C(C)OCC1CNCC(C)(C)O1. The molecule has 3 unspecified atom stereocenters. The molecule has 1 aliphatic heterocycles. The van der Waals surface area contributed by atoms with Crippen LogP contribution in [-0.4, -0.2) is 49.5 Å². The quantitative estimate of drug-likeness (QED) is 0.759. The minimum absolute atomic E-state index is 0.00241. The van der Waals surface area contributed by atoms with Crippen molar-refractivity contribution in [3.05, 3.63) is 0 Å². The van der Waals surface area contributed by atoms with Gasteiger partial charge in [-0.2, -0.15) is 0 Å². The average Bonchev–Trinajstić information content (AvgIpc) is 2.34. The van der Waals surface area contributed by atoms with Crippen LogP contribution < -0.4 is 10.6 Å². The second kappa shape index (κ2) is 7.22. The molecule has 0 radical (unpaired) electrons. The molecule has 0 aliphatic carbocycles. The lowest BCUT2D eigenvalue weighted by atomic mass is 10.1. The maximum absolute atomic E-state index is 11.8. The molecule has 0 aromatic rings. The maximum Gasteiger partial charge on any atom is 0.249 e. The Morgan fingerprint density at radius 3 is 2.79 bits per heavy atom. The topological polar surface area (TPSA) is 59.6 Å². The number of carbonyl (C=O) groups excluding carboxylic acids is 1. The Balaban J connectivity index is 2.29. The van der Waals surface area contributed by atoms with Gasteiger partial charge in [0.1, 0.15) is 6.10 Å². The third-order valence-electron chi connectivity index (χ3n) is 3.31. The minimum Gasteiger partial charge on any atom is -0.367 e. The van der Waals surface area contributed by atoms with Crippen LogP contribution in [0.3, 0.4) is 0 Å². The van der Waals surface area contributed by atoms with E-state index in [0.717, 1.165) is 19.5 Å². The zero-order chi connectivity index (χ0) is 14.5. The minimum atomic E-state index is -0.442. The standard InChI is InChI=1S/C14H28N2O3/c1-6-10(2)16-13(17)11(3)18-8-12-7-15-9-14(4,5)19-12/h10-12,15H,6-9H2,1-5H3,(H,16,17). The average molecular weight is 272 g/mol. The van der Waals surface area contributed by atoms with Crippen molar-refractivity contribution in [2.45, 2.75) is 64.9 Å². The summed E-state index contributed by atoms with van der Waals surface area (Å²) in [4.78, 5) is 11.8. The Hall–Kier alpha value is -0.650. The van der Waals surface area contributed by atoms with Gasteiger partial charge in [-0.05, 0) is 34.1 Å². The van der Waals surface area contributed by atoms with E-state index in [1.165, 1.54) is 0 Å². The molecule has 0 aromatic heterocycles. The Labute approximate surface area is 116 Å². The number of hydrogen-bond donors (Lipinski definition) is 2. The van der Waals surface area contributed by atoms with Crippen LogP contribution in [0.1, 0.15) is 41.0 Å². The molecule has 1 amide bonds. The number of morpholine rings is 1. The van der Waals surface area contributed by atoms with Crippen molar-refractivity contribution in [2.75, 3.05) is 19.7 Å². The Morgan fingerprint density at radius 1 is 1.53 bits per heavy atom. The van der Waals surface area contributed by atoms with E-state index in [2.05, 4.69) is 10.6 Å². The summed E-state index contributed by atoms with van der Waals surface area (Å²) < 4.78 is 11.5. The molecular formula is C14H28N2O3. The van der Waals surface area contributed by atoms with Crippen molar-refractivity contribution in [1.29, 1.82) is 0 Å². The van der Waals surface area contributed by atoms with Crippen molar-refractivity contribution >= 4 is 5.91 Å². The van der Waals surface area contributed by atoms with Gasteiger partial charge in [0.2, 0.25) is 5.91 Å². The van der Waals surface area contributed by atoms with Gasteiger partial charge in [-0.25, -0.2) is 0 Å². The normalized spacial score (nSPS) is 25.6. The first-order valence-electron chi connectivity index (χ1n) is 7.14. The molecule has 1 heterocycles. The smallest absolute Gasteiger partial charge is 0.249 e. The van der Waals surface area contributed by atoms with Gasteiger partial charge < -0.3 is 20.1 Å². The lowest BCUT2D eigenvalue weighted by Gasteiger charge is -2.36.